The molecule has 0 radical (unpaired) electrons. The van der Waals surface area contributed by atoms with E-state index in [9.17, 15) is 19.0 Å². The van der Waals surface area contributed by atoms with Crippen LogP contribution in [0.3, 0.4) is 0 Å². The molecule has 10 heteroatoms. The van der Waals surface area contributed by atoms with E-state index in [1.54, 1.807) is 0 Å². The summed E-state index contributed by atoms with van der Waals surface area (Å²) in [7, 11) is 1.43. The molecule has 0 saturated carbocycles. The Morgan fingerprint density at radius 2 is 0.774 bits per heavy atom. The lowest BCUT2D eigenvalue weighted by molar-refractivity contribution is -0.870. The van der Waals surface area contributed by atoms with Gasteiger partial charge in [0.25, 0.3) is 0 Å². The van der Waals surface area contributed by atoms with Crippen LogP contribution in [0.15, 0.2) is 134 Å². The van der Waals surface area contributed by atoms with Crippen LogP contribution in [0, 0.1) is 0 Å². The molecule has 0 aromatic heterocycles. The van der Waals surface area contributed by atoms with E-state index in [2.05, 4.69) is 142 Å². The zero-order chi connectivity index (χ0) is 61.4. The first kappa shape index (κ1) is 80.2. The van der Waals surface area contributed by atoms with E-state index in [1.165, 1.54) is 128 Å². The van der Waals surface area contributed by atoms with E-state index in [0.29, 0.717) is 17.4 Å². The second-order valence-corrected chi connectivity index (χ2v) is 25.1. The van der Waals surface area contributed by atoms with Gasteiger partial charge in [0, 0.05) is 12.8 Å². The van der Waals surface area contributed by atoms with Crippen LogP contribution < -0.4 is 5.32 Å². The van der Waals surface area contributed by atoms with E-state index in [1.807, 2.05) is 39.4 Å². The molecule has 0 aromatic carbocycles. The van der Waals surface area contributed by atoms with Crippen molar-refractivity contribution in [2.24, 2.45) is 0 Å². The van der Waals surface area contributed by atoms with E-state index in [4.69, 9.17) is 13.8 Å². The summed E-state index contributed by atoms with van der Waals surface area (Å²) in [6.07, 6.45) is 89.1. The molecule has 2 N–H and O–H groups in total. The van der Waals surface area contributed by atoms with Crippen LogP contribution in [-0.2, 0) is 27.9 Å². The number of nitrogens with one attached hydrogen (secondary N) is 1. The number of allylic oxidation sites excluding steroid dienone is 21. The Labute approximate surface area is 517 Å². The third-order valence-corrected chi connectivity index (χ3v) is 15.3. The van der Waals surface area contributed by atoms with Crippen LogP contribution in [0.25, 0.3) is 0 Å². The number of quaternary nitrogens is 1. The fourth-order valence-corrected chi connectivity index (χ4v) is 9.86. The smallest absolute Gasteiger partial charge is 0.456 e. The minimum Gasteiger partial charge on any atom is -0.456 e. The van der Waals surface area contributed by atoms with Gasteiger partial charge in [0.1, 0.15) is 19.3 Å². The molecule has 3 atom stereocenters. The number of esters is 1. The molecular formula is C74H128N2O7P+. The molecule has 1 amide bonds. The van der Waals surface area contributed by atoms with Gasteiger partial charge in [-0.3, -0.25) is 18.6 Å². The summed E-state index contributed by atoms with van der Waals surface area (Å²) in [4.78, 5) is 37.8. The standard InChI is InChI=1S/C74H127N2O7P/c1-7-10-13-16-19-22-25-28-30-32-34-35-36-37-38-39-40-41-43-45-47-49-52-55-58-61-64-67-74(78)83-72(65-62-59-56-53-50-27-24-21-18-15-12-9-3)71(70-82-84(79,80)81-69-68-76(4,5)6)75-73(77)66-63-60-57-54-51-48-46-44-42-33-31-29-26-23-20-17-14-11-8-2/h11,14,19-20,22-23,28-31,34-35,37-38,42,44,48,51,57,60,62,65,71-72H,7-10,12-13,15-18,21,24-27,32-33,36,39-41,43,45-47,49-50,52-56,58-59,61,63-64,66-70H2,1-6H3,(H-,75,77,79,80)/p+1/b14-11-,22-19-,23-20-,30-28-,31-29-,35-34-,38-37-,44-42-,51-48-,60-57-,65-62-. The summed E-state index contributed by atoms with van der Waals surface area (Å²) >= 11 is 0. The van der Waals surface area contributed by atoms with Gasteiger partial charge < -0.3 is 19.4 Å². The first-order chi connectivity index (χ1) is 40.9. The molecular weight excluding hydrogens is 1060 g/mol. The minimum absolute atomic E-state index is 0.0196. The fraction of sp³-hybridized carbons (Fsp3) is 0.676. The number of ether oxygens (including phenoxy) is 1. The number of carbonyl (C=O) groups excluding carboxylic acids is 2. The van der Waals surface area contributed by atoms with E-state index in [0.717, 1.165) is 103 Å². The first-order valence-corrected chi connectivity index (χ1v) is 35.5. The highest BCUT2D eigenvalue weighted by molar-refractivity contribution is 7.47. The Bertz CT molecular complexity index is 1900. The largest absolute Gasteiger partial charge is 0.472 e. The molecule has 0 bridgehead atoms. The van der Waals surface area contributed by atoms with Crippen molar-refractivity contribution in [1.29, 1.82) is 0 Å². The number of likely N-dealkylation sites (N-methyl/N-ethyl adjacent to an activating group) is 1. The SMILES string of the molecule is CC/C=C\C/C=C\C/C=C\C/C=C\C/C=C\C/C=C\CCC(=O)NC(COP(=O)(O)OCC[N+](C)(C)C)C(/C=C\CCCCCCCCCCCC)OC(=O)CCCCCCCCCCCCC/C=C\C/C=C\C/C=C\C/C=C\CCCCC. The molecule has 0 spiro atoms. The number of phosphoric acid groups is 1. The molecule has 3 unspecified atom stereocenters. The predicted octanol–water partition coefficient (Wildman–Crippen LogP) is 21.6. The Morgan fingerprint density at radius 1 is 0.429 bits per heavy atom. The second kappa shape index (κ2) is 62.2. The highest BCUT2D eigenvalue weighted by Crippen LogP contribution is 2.43. The number of phosphoric ester groups is 1. The van der Waals surface area contributed by atoms with Crippen molar-refractivity contribution in [3.05, 3.63) is 134 Å². The van der Waals surface area contributed by atoms with E-state index in [-0.39, 0.29) is 37.9 Å². The molecule has 0 aliphatic carbocycles. The van der Waals surface area contributed by atoms with Crippen molar-refractivity contribution in [1.82, 2.24) is 5.32 Å². The summed E-state index contributed by atoms with van der Waals surface area (Å²) in [5.41, 5.74) is 0. The zero-order valence-electron chi connectivity index (χ0n) is 54.8. The lowest BCUT2D eigenvalue weighted by atomic mass is 10.0. The molecule has 0 fully saturated rings. The molecule has 84 heavy (non-hydrogen) atoms. The van der Waals surface area contributed by atoms with Gasteiger partial charge in [-0.2, -0.15) is 0 Å². The molecule has 0 aromatic rings. The number of carbonyl (C=O) groups is 2. The third kappa shape index (κ3) is 62.7. The van der Waals surface area contributed by atoms with Crippen LogP contribution in [-0.4, -0.2) is 74.3 Å². The predicted molar refractivity (Wildman–Crippen MR) is 364 cm³/mol. The van der Waals surface area contributed by atoms with Crippen LogP contribution in [0.4, 0.5) is 0 Å². The highest BCUT2D eigenvalue weighted by atomic mass is 31.2. The van der Waals surface area contributed by atoms with Crippen molar-refractivity contribution >= 4 is 19.7 Å². The van der Waals surface area contributed by atoms with Crippen molar-refractivity contribution in [2.45, 2.75) is 283 Å². The van der Waals surface area contributed by atoms with E-state index < -0.39 is 20.0 Å². The summed E-state index contributed by atoms with van der Waals surface area (Å²) < 4.78 is 30.7. The van der Waals surface area contributed by atoms with Gasteiger partial charge in [-0.05, 0) is 115 Å². The van der Waals surface area contributed by atoms with Gasteiger partial charge in [-0.15, -0.1) is 0 Å². The molecule has 0 rings (SSSR count). The number of unbranched alkanes of at least 4 members (excludes halogenated alkanes) is 24. The average Bonchev–Trinajstić information content (AvgIpc) is 3.64. The summed E-state index contributed by atoms with van der Waals surface area (Å²) in [6.45, 7) is 6.80. The van der Waals surface area contributed by atoms with Crippen LogP contribution in [0.5, 0.6) is 0 Å². The average molecular weight is 1190 g/mol. The number of rotatable bonds is 60. The van der Waals surface area contributed by atoms with Crippen molar-refractivity contribution in [2.75, 3.05) is 40.9 Å². The number of amides is 1. The molecule has 0 aliphatic rings. The Kier molecular flexibility index (Phi) is 59.4. The van der Waals surface area contributed by atoms with Gasteiger partial charge >= 0.3 is 13.8 Å². The van der Waals surface area contributed by atoms with Crippen molar-refractivity contribution in [3.63, 3.8) is 0 Å². The maximum absolute atomic E-state index is 13.5. The Hall–Kier alpha value is -3.85. The van der Waals surface area contributed by atoms with Gasteiger partial charge in [0.2, 0.25) is 5.91 Å². The summed E-state index contributed by atoms with van der Waals surface area (Å²) in [6, 6.07) is -0.900. The van der Waals surface area contributed by atoms with Gasteiger partial charge in [-0.25, -0.2) is 4.57 Å². The maximum Gasteiger partial charge on any atom is 0.472 e. The quantitative estimate of drug-likeness (QED) is 0.0205. The lowest BCUT2D eigenvalue weighted by Gasteiger charge is -2.27. The summed E-state index contributed by atoms with van der Waals surface area (Å²) in [5.74, 6) is -0.612. The number of hydrogen-bond donors (Lipinski definition) is 2. The lowest BCUT2D eigenvalue weighted by Crippen LogP contribution is -2.47. The van der Waals surface area contributed by atoms with Gasteiger partial charge in [-0.1, -0.05) is 277 Å². The minimum atomic E-state index is -4.48. The monoisotopic (exact) mass is 1190 g/mol. The van der Waals surface area contributed by atoms with Crippen LogP contribution in [0.2, 0.25) is 0 Å². The third-order valence-electron chi connectivity index (χ3n) is 14.3. The number of hydrogen-bond acceptors (Lipinski definition) is 6. The molecule has 0 aliphatic heterocycles. The van der Waals surface area contributed by atoms with Crippen molar-refractivity contribution < 1.29 is 37.3 Å². The topological polar surface area (TPSA) is 111 Å². The Morgan fingerprint density at radius 3 is 1.19 bits per heavy atom. The number of nitrogens with zero attached hydrogens (tertiary/aromatic N) is 1. The van der Waals surface area contributed by atoms with Crippen LogP contribution >= 0.6 is 7.82 Å². The highest BCUT2D eigenvalue weighted by Gasteiger charge is 2.30. The molecule has 0 heterocycles. The molecule has 0 saturated heterocycles. The zero-order valence-corrected chi connectivity index (χ0v) is 55.7. The van der Waals surface area contributed by atoms with Crippen molar-refractivity contribution in [3.8, 4) is 0 Å². The first-order valence-electron chi connectivity index (χ1n) is 34.0. The van der Waals surface area contributed by atoms with Crippen LogP contribution in [0.1, 0.15) is 271 Å². The van der Waals surface area contributed by atoms with Gasteiger partial charge in [0.15, 0.2) is 0 Å². The summed E-state index contributed by atoms with van der Waals surface area (Å²) in [5, 5.41) is 3.01. The normalized spacial score (nSPS) is 14.4. The van der Waals surface area contributed by atoms with Gasteiger partial charge in [0.05, 0.1) is 33.8 Å². The Balaban J connectivity index is 5.20. The second-order valence-electron chi connectivity index (χ2n) is 23.6. The van der Waals surface area contributed by atoms with E-state index >= 15 is 0 Å². The molecule has 480 valence electrons. The molecule has 9 nitrogen and oxygen atoms in total. The fourth-order valence-electron chi connectivity index (χ4n) is 9.12. The maximum atomic E-state index is 13.5.